The number of fused-ring (bicyclic) bond motifs is 1. The van der Waals surface area contributed by atoms with Crippen molar-refractivity contribution in [3.63, 3.8) is 0 Å². The zero-order valence-corrected chi connectivity index (χ0v) is 12.8. The summed E-state index contributed by atoms with van der Waals surface area (Å²) in [6, 6.07) is 12.1. The number of H-pyrrole nitrogens is 1. The first-order valence-corrected chi connectivity index (χ1v) is 7.94. The summed E-state index contributed by atoms with van der Waals surface area (Å²) >= 11 is 0. The number of nitrogens with zero attached hydrogens (tertiary/aromatic N) is 3. The molecule has 3 aromatic rings. The van der Waals surface area contributed by atoms with Crippen LogP contribution in [0.15, 0.2) is 48.8 Å². The summed E-state index contributed by atoms with van der Waals surface area (Å²) in [5.74, 6) is 0.313. The number of aromatic amines is 1. The molecule has 0 unspecified atom stereocenters. The maximum Gasteiger partial charge on any atom is 0.271 e. The fourth-order valence-corrected chi connectivity index (χ4v) is 3.27. The summed E-state index contributed by atoms with van der Waals surface area (Å²) in [4.78, 5) is 19.0. The number of rotatable bonds is 2. The van der Waals surface area contributed by atoms with Gasteiger partial charge in [0, 0.05) is 42.5 Å². The molecule has 0 aliphatic carbocycles. The first-order chi connectivity index (χ1) is 11.3. The van der Waals surface area contributed by atoms with Crippen LogP contribution in [0, 0.1) is 0 Å². The Balaban J connectivity index is 1.57. The summed E-state index contributed by atoms with van der Waals surface area (Å²) in [6.07, 6.45) is 5.61. The normalized spacial score (nSPS) is 18.3. The predicted octanol–water partition coefficient (Wildman–Crippen LogP) is 2.98. The number of hydrogen-bond acceptors (Lipinski definition) is 3. The highest BCUT2D eigenvalue weighted by atomic mass is 16.2. The molecule has 1 fully saturated rings. The van der Waals surface area contributed by atoms with Crippen LogP contribution in [-0.2, 0) is 0 Å². The Kier molecular flexibility index (Phi) is 3.54. The Labute approximate surface area is 134 Å². The van der Waals surface area contributed by atoms with Crippen molar-refractivity contribution in [1.82, 2.24) is 20.1 Å². The van der Waals surface area contributed by atoms with E-state index in [1.165, 1.54) is 5.39 Å². The monoisotopic (exact) mass is 306 g/mol. The molecule has 1 aliphatic rings. The van der Waals surface area contributed by atoms with Crippen molar-refractivity contribution in [3.8, 4) is 0 Å². The second-order valence-corrected chi connectivity index (χ2v) is 6.02. The first kappa shape index (κ1) is 13.9. The lowest BCUT2D eigenvalue weighted by molar-refractivity contribution is 0.0700. The number of pyridine rings is 1. The molecule has 4 rings (SSSR count). The summed E-state index contributed by atoms with van der Waals surface area (Å²) in [5, 5.41) is 8.97. The summed E-state index contributed by atoms with van der Waals surface area (Å²) in [7, 11) is 0. The van der Waals surface area contributed by atoms with Gasteiger partial charge in [-0.15, -0.1) is 0 Å². The average molecular weight is 306 g/mol. The van der Waals surface area contributed by atoms with Crippen LogP contribution in [0.3, 0.4) is 0 Å². The predicted molar refractivity (Wildman–Crippen MR) is 88.2 cm³/mol. The number of carbonyl (C=O) groups excluding carboxylic acids is 1. The lowest BCUT2D eigenvalue weighted by atomic mass is 9.93. The molecule has 1 amide bonds. The Bertz CT molecular complexity index is 828. The Hall–Kier alpha value is -2.69. The first-order valence-electron chi connectivity index (χ1n) is 7.94. The van der Waals surface area contributed by atoms with E-state index in [4.69, 9.17) is 0 Å². The van der Waals surface area contributed by atoms with Gasteiger partial charge in [-0.25, -0.2) is 0 Å². The van der Waals surface area contributed by atoms with Gasteiger partial charge in [0.15, 0.2) is 0 Å². The number of aromatic nitrogens is 3. The zero-order valence-electron chi connectivity index (χ0n) is 12.8. The molecule has 1 aromatic carbocycles. The highest BCUT2D eigenvalue weighted by Gasteiger charge is 2.26. The van der Waals surface area contributed by atoms with Gasteiger partial charge in [-0.1, -0.05) is 24.3 Å². The maximum atomic E-state index is 12.5. The molecule has 0 bridgehead atoms. The van der Waals surface area contributed by atoms with Gasteiger partial charge in [0.25, 0.3) is 5.91 Å². The number of nitrogens with one attached hydrogen (secondary N) is 1. The number of benzene rings is 1. The van der Waals surface area contributed by atoms with E-state index in [1.54, 1.807) is 12.3 Å². The zero-order chi connectivity index (χ0) is 15.6. The van der Waals surface area contributed by atoms with E-state index in [1.807, 2.05) is 23.2 Å². The molecule has 0 saturated carbocycles. The van der Waals surface area contributed by atoms with E-state index in [9.17, 15) is 4.79 Å². The van der Waals surface area contributed by atoms with Gasteiger partial charge in [0.2, 0.25) is 0 Å². The van der Waals surface area contributed by atoms with E-state index in [0.29, 0.717) is 18.2 Å². The molecule has 1 N–H and O–H groups in total. The van der Waals surface area contributed by atoms with Crippen LogP contribution in [-0.4, -0.2) is 39.1 Å². The number of likely N-dealkylation sites (tertiary alicyclic amines) is 1. The Morgan fingerprint density at radius 3 is 2.91 bits per heavy atom. The van der Waals surface area contributed by atoms with Crippen LogP contribution in [0.25, 0.3) is 10.8 Å². The molecule has 1 atom stereocenters. The number of amides is 1. The largest absolute Gasteiger partial charge is 0.337 e. The Morgan fingerprint density at radius 1 is 1.22 bits per heavy atom. The second kappa shape index (κ2) is 5.83. The van der Waals surface area contributed by atoms with Gasteiger partial charge < -0.3 is 4.90 Å². The van der Waals surface area contributed by atoms with E-state index in [-0.39, 0.29) is 5.91 Å². The quantitative estimate of drug-likeness (QED) is 0.791. The standard InChI is InChI=1S/C18H18N4O/c23-18(16-7-8-20-21-16)22-9-3-6-15(12-22)17-10-13-4-1-2-5-14(13)11-19-17/h1-2,4-5,7-8,10-11,15H,3,6,9,12H2,(H,20,21)/t15-/m0/s1. The van der Waals surface area contributed by atoms with E-state index < -0.39 is 0 Å². The second-order valence-electron chi connectivity index (χ2n) is 6.02. The molecule has 116 valence electrons. The fourth-order valence-electron chi connectivity index (χ4n) is 3.27. The third kappa shape index (κ3) is 2.70. The molecule has 0 spiro atoms. The minimum absolute atomic E-state index is 0.0213. The molecule has 1 saturated heterocycles. The Morgan fingerprint density at radius 2 is 2.09 bits per heavy atom. The molecule has 23 heavy (non-hydrogen) atoms. The number of carbonyl (C=O) groups is 1. The highest BCUT2D eigenvalue weighted by Crippen LogP contribution is 2.28. The van der Waals surface area contributed by atoms with Gasteiger partial charge >= 0.3 is 0 Å². The molecule has 1 aliphatic heterocycles. The van der Waals surface area contributed by atoms with Crippen molar-refractivity contribution in [2.45, 2.75) is 18.8 Å². The van der Waals surface area contributed by atoms with Crippen molar-refractivity contribution < 1.29 is 4.79 Å². The lowest BCUT2D eigenvalue weighted by Gasteiger charge is -2.32. The minimum Gasteiger partial charge on any atom is -0.337 e. The molecule has 2 aromatic heterocycles. The fraction of sp³-hybridized carbons (Fsp3) is 0.278. The molecule has 3 heterocycles. The third-order valence-corrected chi connectivity index (χ3v) is 4.51. The van der Waals surface area contributed by atoms with Crippen LogP contribution >= 0.6 is 0 Å². The third-order valence-electron chi connectivity index (χ3n) is 4.51. The average Bonchev–Trinajstić information content (AvgIpc) is 3.15. The van der Waals surface area contributed by atoms with Crippen molar-refractivity contribution in [2.24, 2.45) is 0 Å². The van der Waals surface area contributed by atoms with Crippen molar-refractivity contribution in [1.29, 1.82) is 0 Å². The van der Waals surface area contributed by atoms with Crippen LogP contribution in [0.2, 0.25) is 0 Å². The van der Waals surface area contributed by atoms with E-state index in [0.717, 1.165) is 30.5 Å². The van der Waals surface area contributed by atoms with Crippen molar-refractivity contribution in [3.05, 3.63) is 60.2 Å². The molecule has 5 nitrogen and oxygen atoms in total. The van der Waals surface area contributed by atoms with Crippen LogP contribution in [0.1, 0.15) is 34.9 Å². The molecule has 5 heteroatoms. The van der Waals surface area contributed by atoms with E-state index >= 15 is 0 Å². The van der Waals surface area contributed by atoms with Crippen LogP contribution < -0.4 is 0 Å². The van der Waals surface area contributed by atoms with Gasteiger partial charge in [0.05, 0.1) is 0 Å². The summed E-state index contributed by atoms with van der Waals surface area (Å²) in [6.45, 7) is 1.51. The highest BCUT2D eigenvalue weighted by molar-refractivity contribution is 5.92. The van der Waals surface area contributed by atoms with Crippen molar-refractivity contribution >= 4 is 16.7 Å². The molecular formula is C18H18N4O. The number of hydrogen-bond donors (Lipinski definition) is 1. The topological polar surface area (TPSA) is 61.9 Å². The maximum absolute atomic E-state index is 12.5. The molecular weight excluding hydrogens is 288 g/mol. The minimum atomic E-state index is 0.0213. The molecule has 0 radical (unpaired) electrons. The van der Waals surface area contributed by atoms with E-state index in [2.05, 4.69) is 33.4 Å². The van der Waals surface area contributed by atoms with Gasteiger partial charge in [-0.3, -0.25) is 14.9 Å². The van der Waals surface area contributed by atoms with Gasteiger partial charge in [0.1, 0.15) is 5.69 Å². The van der Waals surface area contributed by atoms with Crippen LogP contribution in [0.5, 0.6) is 0 Å². The van der Waals surface area contributed by atoms with Crippen molar-refractivity contribution in [2.75, 3.05) is 13.1 Å². The SMILES string of the molecule is O=C(c1ccn[nH]1)N1CCC[C@H](c2cc3ccccc3cn2)C1. The van der Waals surface area contributed by atoms with Gasteiger partial charge in [-0.05, 0) is 30.4 Å². The number of piperidine rings is 1. The van der Waals surface area contributed by atoms with Crippen LogP contribution in [0.4, 0.5) is 0 Å². The lowest BCUT2D eigenvalue weighted by Crippen LogP contribution is -2.39. The van der Waals surface area contributed by atoms with Gasteiger partial charge in [-0.2, -0.15) is 5.10 Å². The smallest absolute Gasteiger partial charge is 0.271 e. The summed E-state index contributed by atoms with van der Waals surface area (Å²) in [5.41, 5.74) is 1.63. The summed E-state index contributed by atoms with van der Waals surface area (Å²) < 4.78 is 0.